The lowest BCUT2D eigenvalue weighted by atomic mass is 10.1. The molecule has 0 saturated heterocycles. The molecule has 134 valence electrons. The minimum atomic E-state index is -0.907. The molecule has 1 unspecified atom stereocenters. The van der Waals surface area contributed by atoms with Gasteiger partial charge in [-0.15, -0.1) is 0 Å². The van der Waals surface area contributed by atoms with Crippen LogP contribution in [0.1, 0.15) is 32.3 Å². The number of rotatable bonds is 10. The van der Waals surface area contributed by atoms with Gasteiger partial charge in [0.15, 0.2) is 0 Å². The van der Waals surface area contributed by atoms with Gasteiger partial charge < -0.3 is 20.1 Å². The second-order valence-corrected chi connectivity index (χ2v) is 5.95. The highest BCUT2D eigenvalue weighted by molar-refractivity contribution is 5.75. The van der Waals surface area contributed by atoms with Gasteiger partial charge >= 0.3 is 12.0 Å². The lowest BCUT2D eigenvalue weighted by Gasteiger charge is -2.20. The molecule has 0 saturated carbocycles. The maximum atomic E-state index is 11.9. The van der Waals surface area contributed by atoms with Crippen molar-refractivity contribution in [2.45, 2.75) is 33.1 Å². The number of carbonyl (C=O) groups is 2. The molecule has 0 aliphatic carbocycles. The molecule has 1 aromatic rings. The van der Waals surface area contributed by atoms with Gasteiger partial charge in [0.2, 0.25) is 0 Å². The Morgan fingerprint density at radius 3 is 2.54 bits per heavy atom. The van der Waals surface area contributed by atoms with Gasteiger partial charge in [-0.1, -0.05) is 32.4 Å². The standard InChI is InChI=1S/C18H28N2O4/c1-4-5-12-24-16-8-6-15(7-9-16)10-11-19-18(23)20(3)13-14(2)17(21)22/h6-9,14H,4-5,10-13H2,1-3H3,(H,19,23)(H,21,22). The predicted molar refractivity (Wildman–Crippen MR) is 93.4 cm³/mol. The number of unbranched alkanes of at least 4 members (excludes halogenated alkanes) is 1. The third kappa shape index (κ3) is 7.35. The van der Waals surface area contributed by atoms with E-state index in [0.717, 1.165) is 30.8 Å². The molecule has 2 amide bonds. The van der Waals surface area contributed by atoms with Crippen molar-refractivity contribution >= 4 is 12.0 Å². The topological polar surface area (TPSA) is 78.9 Å². The molecule has 1 rings (SSSR count). The molecule has 0 aromatic heterocycles. The molecular weight excluding hydrogens is 308 g/mol. The zero-order valence-electron chi connectivity index (χ0n) is 14.7. The third-order valence-electron chi connectivity index (χ3n) is 3.70. The Hall–Kier alpha value is -2.24. The van der Waals surface area contributed by atoms with Crippen LogP contribution < -0.4 is 10.1 Å². The van der Waals surface area contributed by atoms with E-state index in [9.17, 15) is 9.59 Å². The highest BCUT2D eigenvalue weighted by Crippen LogP contribution is 2.13. The number of hydrogen-bond acceptors (Lipinski definition) is 3. The van der Waals surface area contributed by atoms with Crippen LogP contribution in [0.25, 0.3) is 0 Å². The highest BCUT2D eigenvalue weighted by Gasteiger charge is 2.16. The summed E-state index contributed by atoms with van der Waals surface area (Å²) in [5.74, 6) is -0.629. The minimum absolute atomic E-state index is 0.185. The Balaban J connectivity index is 2.31. The Kier molecular flexibility index (Phi) is 8.68. The van der Waals surface area contributed by atoms with Crippen molar-refractivity contribution in [3.8, 4) is 5.75 Å². The van der Waals surface area contributed by atoms with Gasteiger partial charge in [-0.25, -0.2) is 4.79 Å². The predicted octanol–water partition coefficient (Wildman–Crippen LogP) is 2.77. The Morgan fingerprint density at radius 1 is 1.29 bits per heavy atom. The molecule has 6 nitrogen and oxygen atoms in total. The second-order valence-electron chi connectivity index (χ2n) is 5.95. The summed E-state index contributed by atoms with van der Waals surface area (Å²) >= 11 is 0. The summed E-state index contributed by atoms with van der Waals surface area (Å²) in [4.78, 5) is 24.1. The monoisotopic (exact) mass is 336 g/mol. The number of carboxylic acids is 1. The molecule has 0 spiro atoms. The van der Waals surface area contributed by atoms with E-state index in [1.807, 2.05) is 24.3 Å². The van der Waals surface area contributed by atoms with Crippen LogP contribution in [-0.4, -0.2) is 48.8 Å². The van der Waals surface area contributed by atoms with Gasteiger partial charge in [0.05, 0.1) is 12.5 Å². The SMILES string of the molecule is CCCCOc1ccc(CCNC(=O)N(C)CC(C)C(=O)O)cc1. The van der Waals surface area contributed by atoms with Crippen LogP contribution >= 0.6 is 0 Å². The molecule has 2 N–H and O–H groups in total. The number of carbonyl (C=O) groups excluding carboxylic acids is 1. The van der Waals surface area contributed by atoms with Gasteiger partial charge in [0, 0.05) is 20.1 Å². The van der Waals surface area contributed by atoms with Crippen molar-refractivity contribution in [3.05, 3.63) is 29.8 Å². The lowest BCUT2D eigenvalue weighted by Crippen LogP contribution is -2.41. The summed E-state index contributed by atoms with van der Waals surface area (Å²) < 4.78 is 5.61. The van der Waals surface area contributed by atoms with Crippen LogP contribution in [-0.2, 0) is 11.2 Å². The van der Waals surface area contributed by atoms with Crippen LogP contribution in [0.5, 0.6) is 5.75 Å². The van der Waals surface area contributed by atoms with E-state index in [1.165, 1.54) is 4.90 Å². The van der Waals surface area contributed by atoms with Gasteiger partial charge in [0.1, 0.15) is 5.75 Å². The first-order valence-corrected chi connectivity index (χ1v) is 8.37. The highest BCUT2D eigenvalue weighted by atomic mass is 16.5. The molecule has 6 heteroatoms. The smallest absolute Gasteiger partial charge is 0.317 e. The van der Waals surface area contributed by atoms with Crippen LogP contribution in [0.2, 0.25) is 0 Å². The van der Waals surface area contributed by atoms with E-state index >= 15 is 0 Å². The average molecular weight is 336 g/mol. The fraction of sp³-hybridized carbons (Fsp3) is 0.556. The minimum Gasteiger partial charge on any atom is -0.494 e. The van der Waals surface area contributed by atoms with E-state index < -0.39 is 11.9 Å². The Labute approximate surface area is 143 Å². The van der Waals surface area contributed by atoms with Crippen molar-refractivity contribution in [2.24, 2.45) is 5.92 Å². The number of benzene rings is 1. The van der Waals surface area contributed by atoms with Gasteiger partial charge in [-0.2, -0.15) is 0 Å². The first-order valence-electron chi connectivity index (χ1n) is 8.37. The quantitative estimate of drug-likeness (QED) is 0.644. The first-order chi connectivity index (χ1) is 11.4. The zero-order valence-corrected chi connectivity index (χ0v) is 14.7. The normalized spacial score (nSPS) is 11.6. The third-order valence-corrected chi connectivity index (χ3v) is 3.70. The maximum Gasteiger partial charge on any atom is 0.317 e. The maximum absolute atomic E-state index is 11.9. The summed E-state index contributed by atoms with van der Waals surface area (Å²) in [6.45, 7) is 5.12. The lowest BCUT2D eigenvalue weighted by molar-refractivity contribution is -0.141. The molecule has 0 heterocycles. The zero-order chi connectivity index (χ0) is 17.9. The average Bonchev–Trinajstić information content (AvgIpc) is 2.56. The van der Waals surface area contributed by atoms with Crippen molar-refractivity contribution in [2.75, 3.05) is 26.7 Å². The number of nitrogens with zero attached hydrogens (tertiary/aromatic N) is 1. The molecule has 0 radical (unpaired) electrons. The van der Waals surface area contributed by atoms with Crippen LogP contribution in [0.15, 0.2) is 24.3 Å². The second kappa shape index (κ2) is 10.5. The van der Waals surface area contributed by atoms with Crippen LogP contribution in [0.4, 0.5) is 4.79 Å². The van der Waals surface area contributed by atoms with E-state index in [2.05, 4.69) is 12.2 Å². The van der Waals surface area contributed by atoms with Crippen LogP contribution in [0, 0.1) is 5.92 Å². The number of nitrogens with one attached hydrogen (secondary N) is 1. The first kappa shape index (κ1) is 19.8. The molecule has 1 aromatic carbocycles. The van der Waals surface area contributed by atoms with Crippen molar-refractivity contribution in [1.29, 1.82) is 0 Å². The molecule has 1 atom stereocenters. The number of carboxylic acid groups (broad SMARTS) is 1. The molecule has 0 aliphatic rings. The van der Waals surface area contributed by atoms with E-state index in [0.29, 0.717) is 13.0 Å². The van der Waals surface area contributed by atoms with Crippen molar-refractivity contribution in [3.63, 3.8) is 0 Å². The number of ether oxygens (including phenoxy) is 1. The van der Waals surface area contributed by atoms with E-state index in [4.69, 9.17) is 9.84 Å². The van der Waals surface area contributed by atoms with E-state index in [1.54, 1.807) is 14.0 Å². The number of urea groups is 1. The summed E-state index contributed by atoms with van der Waals surface area (Å²) in [5.41, 5.74) is 1.11. The van der Waals surface area contributed by atoms with Crippen LogP contribution in [0.3, 0.4) is 0 Å². The van der Waals surface area contributed by atoms with Gasteiger partial charge in [-0.05, 0) is 30.5 Å². The largest absolute Gasteiger partial charge is 0.494 e. The van der Waals surface area contributed by atoms with Crippen molar-refractivity contribution < 1.29 is 19.4 Å². The summed E-state index contributed by atoms with van der Waals surface area (Å²) in [7, 11) is 1.59. The number of hydrogen-bond donors (Lipinski definition) is 2. The molecule has 0 fully saturated rings. The van der Waals surface area contributed by atoms with Gasteiger partial charge in [-0.3, -0.25) is 4.79 Å². The summed E-state index contributed by atoms with van der Waals surface area (Å²) in [5, 5.41) is 11.7. The fourth-order valence-electron chi connectivity index (χ4n) is 2.11. The fourth-order valence-corrected chi connectivity index (χ4v) is 2.11. The molecule has 0 aliphatic heterocycles. The van der Waals surface area contributed by atoms with Crippen molar-refractivity contribution in [1.82, 2.24) is 10.2 Å². The summed E-state index contributed by atoms with van der Waals surface area (Å²) in [6.07, 6.45) is 2.86. The number of amides is 2. The molecular formula is C18H28N2O4. The Bertz CT molecular complexity index is 516. The van der Waals surface area contributed by atoms with Gasteiger partial charge in [0.25, 0.3) is 0 Å². The van der Waals surface area contributed by atoms with E-state index in [-0.39, 0.29) is 12.6 Å². The summed E-state index contributed by atoms with van der Waals surface area (Å²) in [6, 6.07) is 7.59. The Morgan fingerprint density at radius 2 is 1.96 bits per heavy atom. The molecule has 0 bridgehead atoms. The number of aliphatic carboxylic acids is 1. The molecule has 24 heavy (non-hydrogen) atoms.